The van der Waals surface area contributed by atoms with Crippen LogP contribution >= 0.6 is 15.9 Å². The third-order valence-corrected chi connectivity index (χ3v) is 4.16. The molecule has 1 aromatic carbocycles. The molecule has 1 amide bonds. The summed E-state index contributed by atoms with van der Waals surface area (Å²) in [5.41, 5.74) is 1.00. The van der Waals surface area contributed by atoms with Crippen LogP contribution in [0.4, 0.5) is 0 Å². The van der Waals surface area contributed by atoms with E-state index in [0.717, 1.165) is 41.5 Å². The van der Waals surface area contributed by atoms with E-state index in [0.29, 0.717) is 6.54 Å². The van der Waals surface area contributed by atoms with Crippen LogP contribution in [0, 0.1) is 5.92 Å². The van der Waals surface area contributed by atoms with E-state index in [1.807, 2.05) is 18.2 Å². The van der Waals surface area contributed by atoms with Crippen LogP contribution in [-0.4, -0.2) is 24.2 Å². The van der Waals surface area contributed by atoms with Gasteiger partial charge in [-0.15, -0.1) is 0 Å². The second-order valence-corrected chi connectivity index (χ2v) is 6.14. The smallest absolute Gasteiger partial charge is 0.223 e. The first-order chi connectivity index (χ1) is 9.58. The zero-order chi connectivity index (χ0) is 14.5. The Morgan fingerprint density at radius 2 is 2.05 bits per heavy atom. The van der Waals surface area contributed by atoms with Gasteiger partial charge in [-0.2, -0.15) is 0 Å². The molecule has 0 atom stereocenters. The highest BCUT2D eigenvalue weighted by molar-refractivity contribution is 9.10. The number of methoxy groups -OCH3 is 1. The van der Waals surface area contributed by atoms with Crippen LogP contribution in [0.3, 0.4) is 0 Å². The number of halogens is 1. The molecule has 0 aliphatic heterocycles. The Kier molecular flexibility index (Phi) is 5.43. The molecular formula is C15H20BrNO3. The van der Waals surface area contributed by atoms with E-state index < -0.39 is 0 Å². The number of hydrogen-bond acceptors (Lipinski definition) is 3. The Labute approximate surface area is 127 Å². The number of aliphatic hydroxyl groups is 1. The minimum absolute atomic E-state index is 0.0347. The third kappa shape index (κ3) is 4.21. The number of amides is 1. The molecule has 0 aromatic heterocycles. The number of ether oxygens (including phenoxy) is 1. The molecule has 0 heterocycles. The van der Waals surface area contributed by atoms with Gasteiger partial charge in [0.2, 0.25) is 5.91 Å². The van der Waals surface area contributed by atoms with Crippen molar-refractivity contribution in [2.24, 2.45) is 5.92 Å². The van der Waals surface area contributed by atoms with E-state index in [2.05, 4.69) is 21.2 Å². The van der Waals surface area contributed by atoms with Gasteiger partial charge in [-0.05, 0) is 49.4 Å². The second-order valence-electron chi connectivity index (χ2n) is 5.22. The lowest BCUT2D eigenvalue weighted by molar-refractivity contribution is -0.126. The van der Waals surface area contributed by atoms with Gasteiger partial charge in [0.25, 0.3) is 0 Å². The molecule has 0 spiro atoms. The third-order valence-electron chi connectivity index (χ3n) is 3.70. The molecule has 110 valence electrons. The predicted octanol–water partition coefficient (Wildman–Crippen LogP) is 2.62. The predicted molar refractivity (Wildman–Crippen MR) is 80.5 cm³/mol. The second kappa shape index (κ2) is 7.09. The average molecular weight is 342 g/mol. The molecule has 1 aliphatic carbocycles. The van der Waals surface area contributed by atoms with Crippen LogP contribution in [0.2, 0.25) is 0 Å². The fourth-order valence-electron chi connectivity index (χ4n) is 2.51. The average Bonchev–Trinajstić information content (AvgIpc) is 2.45. The Bertz CT molecular complexity index is 470. The lowest BCUT2D eigenvalue weighted by Crippen LogP contribution is -2.33. The fraction of sp³-hybridized carbons (Fsp3) is 0.533. The van der Waals surface area contributed by atoms with Crippen molar-refractivity contribution in [2.45, 2.75) is 38.3 Å². The first kappa shape index (κ1) is 15.3. The molecular weight excluding hydrogens is 322 g/mol. The molecule has 2 rings (SSSR count). The van der Waals surface area contributed by atoms with Gasteiger partial charge >= 0.3 is 0 Å². The van der Waals surface area contributed by atoms with E-state index >= 15 is 0 Å². The SMILES string of the molecule is COc1cc(Br)cc(CNC(=O)C2CCC(O)CC2)c1. The maximum absolute atomic E-state index is 12.1. The van der Waals surface area contributed by atoms with Gasteiger partial charge in [0.1, 0.15) is 5.75 Å². The summed E-state index contributed by atoms with van der Waals surface area (Å²) in [6, 6.07) is 5.76. The number of carbonyl (C=O) groups excluding carboxylic acids is 1. The van der Waals surface area contributed by atoms with Crippen molar-refractivity contribution >= 4 is 21.8 Å². The Morgan fingerprint density at radius 1 is 1.35 bits per heavy atom. The summed E-state index contributed by atoms with van der Waals surface area (Å²) in [5, 5.41) is 12.4. The Balaban J connectivity index is 1.88. The summed E-state index contributed by atoms with van der Waals surface area (Å²) in [6.07, 6.45) is 2.77. The maximum Gasteiger partial charge on any atom is 0.223 e. The van der Waals surface area contributed by atoms with Crippen molar-refractivity contribution in [3.05, 3.63) is 28.2 Å². The van der Waals surface area contributed by atoms with Gasteiger partial charge in [0.15, 0.2) is 0 Å². The quantitative estimate of drug-likeness (QED) is 0.884. The van der Waals surface area contributed by atoms with E-state index in [9.17, 15) is 9.90 Å². The maximum atomic E-state index is 12.1. The van der Waals surface area contributed by atoms with Crippen molar-refractivity contribution < 1.29 is 14.6 Å². The number of rotatable bonds is 4. The highest BCUT2D eigenvalue weighted by atomic mass is 79.9. The lowest BCUT2D eigenvalue weighted by atomic mass is 9.87. The summed E-state index contributed by atoms with van der Waals surface area (Å²) in [6.45, 7) is 0.494. The number of nitrogens with one attached hydrogen (secondary N) is 1. The van der Waals surface area contributed by atoms with Crippen molar-refractivity contribution in [1.82, 2.24) is 5.32 Å². The van der Waals surface area contributed by atoms with Crippen molar-refractivity contribution in [2.75, 3.05) is 7.11 Å². The number of hydrogen-bond donors (Lipinski definition) is 2. The summed E-state index contributed by atoms with van der Waals surface area (Å²) < 4.78 is 6.13. The molecule has 1 aromatic rings. The molecule has 0 saturated heterocycles. The summed E-state index contributed by atoms with van der Waals surface area (Å²) >= 11 is 3.42. The van der Waals surface area contributed by atoms with Crippen LogP contribution in [0.5, 0.6) is 5.75 Å². The van der Waals surface area contributed by atoms with Crippen molar-refractivity contribution in [3.8, 4) is 5.75 Å². The van der Waals surface area contributed by atoms with Crippen LogP contribution in [0.1, 0.15) is 31.2 Å². The van der Waals surface area contributed by atoms with E-state index in [1.54, 1.807) is 7.11 Å². The van der Waals surface area contributed by atoms with Gasteiger partial charge in [-0.25, -0.2) is 0 Å². The summed E-state index contributed by atoms with van der Waals surface area (Å²) in [4.78, 5) is 12.1. The van der Waals surface area contributed by atoms with Crippen LogP contribution < -0.4 is 10.1 Å². The van der Waals surface area contributed by atoms with Gasteiger partial charge in [0, 0.05) is 16.9 Å². The van der Waals surface area contributed by atoms with Crippen molar-refractivity contribution in [3.63, 3.8) is 0 Å². The molecule has 0 unspecified atom stereocenters. The molecule has 1 saturated carbocycles. The normalized spacial score (nSPS) is 22.4. The van der Waals surface area contributed by atoms with E-state index in [1.165, 1.54) is 0 Å². The largest absolute Gasteiger partial charge is 0.497 e. The summed E-state index contributed by atoms with van der Waals surface area (Å²) in [5.74, 6) is 0.882. The van der Waals surface area contributed by atoms with Gasteiger partial charge in [-0.1, -0.05) is 15.9 Å². The van der Waals surface area contributed by atoms with Crippen molar-refractivity contribution in [1.29, 1.82) is 0 Å². The van der Waals surface area contributed by atoms with Gasteiger partial charge in [-0.3, -0.25) is 4.79 Å². The molecule has 5 heteroatoms. The number of benzene rings is 1. The standard InChI is InChI=1S/C15H20BrNO3/c1-20-14-7-10(6-12(16)8-14)9-17-15(19)11-2-4-13(18)5-3-11/h6-8,11,13,18H,2-5,9H2,1H3,(H,17,19). The Hall–Kier alpha value is -1.07. The Morgan fingerprint density at radius 3 is 2.70 bits per heavy atom. The zero-order valence-electron chi connectivity index (χ0n) is 11.6. The van der Waals surface area contributed by atoms with E-state index in [4.69, 9.17) is 4.74 Å². The highest BCUT2D eigenvalue weighted by Crippen LogP contribution is 2.25. The molecule has 4 nitrogen and oxygen atoms in total. The first-order valence-electron chi connectivity index (χ1n) is 6.87. The van der Waals surface area contributed by atoms with Crippen LogP contribution in [0.25, 0.3) is 0 Å². The number of carbonyl (C=O) groups is 1. The lowest BCUT2D eigenvalue weighted by Gasteiger charge is -2.24. The molecule has 1 aliphatic rings. The minimum atomic E-state index is -0.228. The zero-order valence-corrected chi connectivity index (χ0v) is 13.1. The molecule has 0 bridgehead atoms. The van der Waals surface area contributed by atoms with Gasteiger partial charge < -0.3 is 15.2 Å². The van der Waals surface area contributed by atoms with Crippen LogP contribution in [0.15, 0.2) is 22.7 Å². The van der Waals surface area contributed by atoms with E-state index in [-0.39, 0.29) is 17.9 Å². The highest BCUT2D eigenvalue weighted by Gasteiger charge is 2.24. The molecule has 20 heavy (non-hydrogen) atoms. The topological polar surface area (TPSA) is 58.6 Å². The molecule has 2 N–H and O–H groups in total. The van der Waals surface area contributed by atoms with Crippen LogP contribution in [-0.2, 0) is 11.3 Å². The number of aliphatic hydroxyl groups excluding tert-OH is 1. The first-order valence-corrected chi connectivity index (χ1v) is 7.67. The molecule has 0 radical (unpaired) electrons. The monoisotopic (exact) mass is 341 g/mol. The van der Waals surface area contributed by atoms with Gasteiger partial charge in [0.05, 0.1) is 13.2 Å². The minimum Gasteiger partial charge on any atom is -0.497 e. The fourth-order valence-corrected chi connectivity index (χ4v) is 3.03. The summed E-state index contributed by atoms with van der Waals surface area (Å²) in [7, 11) is 1.62. The molecule has 1 fully saturated rings.